The zero-order valence-electron chi connectivity index (χ0n) is 6.27. The molecule has 1 aromatic rings. The third kappa shape index (κ3) is 1.64. The first-order valence-corrected chi connectivity index (χ1v) is 4.00. The number of aromatic hydroxyl groups is 1. The molecule has 0 unspecified atom stereocenters. The standard InChI is InChI=1S/C8H6BrFO2/c1-4(11)6-2-5(10)3-7(9)8(6)12/h2-3,12H,1H3. The van der Waals surface area contributed by atoms with Gasteiger partial charge in [-0.25, -0.2) is 4.39 Å². The minimum Gasteiger partial charge on any atom is -0.506 e. The fourth-order valence-electron chi connectivity index (χ4n) is 0.834. The van der Waals surface area contributed by atoms with Crippen molar-refractivity contribution in [3.63, 3.8) is 0 Å². The lowest BCUT2D eigenvalue weighted by Gasteiger charge is -2.02. The van der Waals surface area contributed by atoms with Crippen molar-refractivity contribution in [3.05, 3.63) is 28.0 Å². The third-order valence-electron chi connectivity index (χ3n) is 1.41. The van der Waals surface area contributed by atoms with Gasteiger partial charge in [-0.2, -0.15) is 0 Å². The largest absolute Gasteiger partial charge is 0.506 e. The summed E-state index contributed by atoms with van der Waals surface area (Å²) in [6.07, 6.45) is 0. The number of ketones is 1. The van der Waals surface area contributed by atoms with Crippen LogP contribution in [0.25, 0.3) is 0 Å². The molecule has 0 bridgehead atoms. The number of hydrogen-bond acceptors (Lipinski definition) is 2. The van der Waals surface area contributed by atoms with Gasteiger partial charge in [0, 0.05) is 0 Å². The Kier molecular flexibility index (Phi) is 2.47. The smallest absolute Gasteiger partial charge is 0.163 e. The van der Waals surface area contributed by atoms with E-state index in [1.54, 1.807) is 0 Å². The Morgan fingerprint density at radius 3 is 2.67 bits per heavy atom. The predicted octanol–water partition coefficient (Wildman–Crippen LogP) is 2.50. The fourth-order valence-corrected chi connectivity index (χ4v) is 1.27. The molecule has 1 aromatic carbocycles. The lowest BCUT2D eigenvalue weighted by Crippen LogP contribution is -1.94. The molecule has 0 spiro atoms. The van der Waals surface area contributed by atoms with Crippen LogP contribution < -0.4 is 0 Å². The molecular formula is C8H6BrFO2. The van der Waals surface area contributed by atoms with Gasteiger partial charge in [-0.15, -0.1) is 0 Å². The van der Waals surface area contributed by atoms with Gasteiger partial charge in [0.2, 0.25) is 0 Å². The van der Waals surface area contributed by atoms with Gasteiger partial charge in [0.15, 0.2) is 5.78 Å². The summed E-state index contributed by atoms with van der Waals surface area (Å²) in [4.78, 5) is 10.8. The van der Waals surface area contributed by atoms with Crippen LogP contribution in [-0.2, 0) is 0 Å². The van der Waals surface area contributed by atoms with Gasteiger partial charge >= 0.3 is 0 Å². The van der Waals surface area contributed by atoms with Crippen molar-refractivity contribution in [2.24, 2.45) is 0 Å². The summed E-state index contributed by atoms with van der Waals surface area (Å²) >= 11 is 2.92. The molecule has 64 valence electrons. The molecule has 0 atom stereocenters. The quantitative estimate of drug-likeness (QED) is 0.756. The molecule has 1 rings (SSSR count). The van der Waals surface area contributed by atoms with E-state index in [4.69, 9.17) is 0 Å². The summed E-state index contributed by atoms with van der Waals surface area (Å²) in [6.45, 7) is 1.26. The summed E-state index contributed by atoms with van der Waals surface area (Å²) in [6, 6.07) is 2.10. The molecule has 0 saturated heterocycles. The second kappa shape index (κ2) is 3.23. The Balaban J connectivity index is 3.37. The van der Waals surface area contributed by atoms with Gasteiger partial charge in [0.1, 0.15) is 11.6 Å². The Bertz CT molecular complexity index is 336. The van der Waals surface area contributed by atoms with Crippen LogP contribution in [-0.4, -0.2) is 10.9 Å². The van der Waals surface area contributed by atoms with E-state index >= 15 is 0 Å². The predicted molar refractivity (Wildman–Crippen MR) is 45.8 cm³/mol. The van der Waals surface area contributed by atoms with Gasteiger partial charge in [-0.1, -0.05) is 0 Å². The maximum Gasteiger partial charge on any atom is 0.163 e. The van der Waals surface area contributed by atoms with Crippen LogP contribution in [0.3, 0.4) is 0 Å². The number of carbonyl (C=O) groups is 1. The number of benzene rings is 1. The number of rotatable bonds is 1. The van der Waals surface area contributed by atoms with Crippen molar-refractivity contribution in [2.75, 3.05) is 0 Å². The van der Waals surface area contributed by atoms with Crippen LogP contribution >= 0.6 is 15.9 Å². The van der Waals surface area contributed by atoms with Crippen molar-refractivity contribution in [1.29, 1.82) is 0 Å². The lowest BCUT2D eigenvalue weighted by atomic mass is 10.1. The maximum absolute atomic E-state index is 12.7. The number of carbonyl (C=O) groups excluding carboxylic acids is 1. The molecule has 0 aliphatic rings. The monoisotopic (exact) mass is 232 g/mol. The fraction of sp³-hybridized carbons (Fsp3) is 0.125. The van der Waals surface area contributed by atoms with Crippen molar-refractivity contribution in [1.82, 2.24) is 0 Å². The second-order valence-corrected chi connectivity index (χ2v) is 3.19. The van der Waals surface area contributed by atoms with Crippen LogP contribution in [0.15, 0.2) is 16.6 Å². The number of halogens is 2. The molecule has 1 N–H and O–H groups in total. The Morgan fingerprint density at radius 1 is 1.58 bits per heavy atom. The zero-order chi connectivity index (χ0) is 9.30. The van der Waals surface area contributed by atoms with E-state index < -0.39 is 5.82 Å². The van der Waals surface area contributed by atoms with E-state index in [0.29, 0.717) is 0 Å². The average molecular weight is 233 g/mol. The van der Waals surface area contributed by atoms with E-state index in [1.165, 1.54) is 6.92 Å². The van der Waals surface area contributed by atoms with Gasteiger partial charge in [-0.05, 0) is 35.0 Å². The van der Waals surface area contributed by atoms with Crippen molar-refractivity contribution in [2.45, 2.75) is 6.92 Å². The van der Waals surface area contributed by atoms with Crippen molar-refractivity contribution >= 4 is 21.7 Å². The highest BCUT2D eigenvalue weighted by atomic mass is 79.9. The van der Waals surface area contributed by atoms with E-state index in [1.807, 2.05) is 0 Å². The SMILES string of the molecule is CC(=O)c1cc(F)cc(Br)c1O. The lowest BCUT2D eigenvalue weighted by molar-refractivity contribution is 0.101. The van der Waals surface area contributed by atoms with Gasteiger partial charge in [-0.3, -0.25) is 4.79 Å². The highest BCUT2D eigenvalue weighted by Gasteiger charge is 2.11. The Morgan fingerprint density at radius 2 is 2.17 bits per heavy atom. The Hall–Kier alpha value is -0.900. The molecule has 0 aliphatic carbocycles. The molecule has 0 fully saturated rings. The van der Waals surface area contributed by atoms with Crippen LogP contribution in [0.1, 0.15) is 17.3 Å². The molecule has 0 aliphatic heterocycles. The molecule has 0 aromatic heterocycles. The number of Topliss-reactive ketones (excluding diaryl/α,β-unsaturated/α-hetero) is 1. The van der Waals surface area contributed by atoms with E-state index in [9.17, 15) is 14.3 Å². The zero-order valence-corrected chi connectivity index (χ0v) is 7.85. The molecular weight excluding hydrogens is 227 g/mol. The van der Waals surface area contributed by atoms with Crippen LogP contribution in [0.2, 0.25) is 0 Å². The molecule has 0 radical (unpaired) electrons. The van der Waals surface area contributed by atoms with Gasteiger partial charge in [0.05, 0.1) is 10.0 Å². The van der Waals surface area contributed by atoms with E-state index in [0.717, 1.165) is 12.1 Å². The average Bonchev–Trinajstić information content (AvgIpc) is 1.96. The van der Waals surface area contributed by atoms with Crippen LogP contribution in [0, 0.1) is 5.82 Å². The van der Waals surface area contributed by atoms with E-state index in [2.05, 4.69) is 15.9 Å². The molecule has 0 saturated carbocycles. The second-order valence-electron chi connectivity index (χ2n) is 2.34. The number of phenolic OH excluding ortho intramolecular Hbond substituents is 1. The van der Waals surface area contributed by atoms with E-state index in [-0.39, 0.29) is 21.6 Å². The highest BCUT2D eigenvalue weighted by molar-refractivity contribution is 9.10. The highest BCUT2D eigenvalue weighted by Crippen LogP contribution is 2.28. The molecule has 0 heterocycles. The summed E-state index contributed by atoms with van der Waals surface area (Å²) in [5.41, 5.74) is -0.0122. The summed E-state index contributed by atoms with van der Waals surface area (Å²) < 4.78 is 12.9. The summed E-state index contributed by atoms with van der Waals surface area (Å²) in [7, 11) is 0. The first-order chi connectivity index (χ1) is 5.52. The third-order valence-corrected chi connectivity index (χ3v) is 2.01. The minimum absolute atomic E-state index is 0.0122. The molecule has 2 nitrogen and oxygen atoms in total. The molecule has 4 heteroatoms. The van der Waals surface area contributed by atoms with Gasteiger partial charge in [0.25, 0.3) is 0 Å². The normalized spacial score (nSPS) is 9.92. The number of phenols is 1. The van der Waals surface area contributed by atoms with Crippen LogP contribution in [0.4, 0.5) is 4.39 Å². The Labute approximate surface area is 77.2 Å². The van der Waals surface area contributed by atoms with Crippen molar-refractivity contribution < 1.29 is 14.3 Å². The first-order valence-electron chi connectivity index (χ1n) is 3.21. The molecule has 12 heavy (non-hydrogen) atoms. The minimum atomic E-state index is -0.551. The van der Waals surface area contributed by atoms with Gasteiger partial charge < -0.3 is 5.11 Å². The number of hydrogen-bond donors (Lipinski definition) is 1. The maximum atomic E-state index is 12.7. The van der Waals surface area contributed by atoms with Crippen molar-refractivity contribution in [3.8, 4) is 5.75 Å². The molecule has 0 amide bonds. The summed E-state index contributed by atoms with van der Waals surface area (Å²) in [5.74, 6) is -1.14. The topological polar surface area (TPSA) is 37.3 Å². The van der Waals surface area contributed by atoms with Crippen LogP contribution in [0.5, 0.6) is 5.75 Å². The first kappa shape index (κ1) is 9.19. The summed E-state index contributed by atoms with van der Waals surface area (Å²) in [5, 5.41) is 9.26.